The first-order valence-electron chi connectivity index (χ1n) is 5.94. The Morgan fingerprint density at radius 2 is 1.88 bits per heavy atom. The van der Waals surface area contributed by atoms with E-state index in [2.05, 4.69) is 18.6 Å². The number of esters is 1. The van der Waals surface area contributed by atoms with Crippen LogP contribution < -0.4 is 0 Å². The molecule has 0 fully saturated rings. The Morgan fingerprint density at radius 3 is 2.35 bits per heavy atom. The number of ether oxygens (including phenoxy) is 1. The Morgan fingerprint density at radius 1 is 1.29 bits per heavy atom. The second-order valence-electron chi connectivity index (χ2n) is 4.45. The van der Waals surface area contributed by atoms with Crippen LogP contribution in [0.1, 0.15) is 38.1 Å². The van der Waals surface area contributed by atoms with E-state index in [0.717, 1.165) is 12.0 Å². The second-order valence-corrected chi connectivity index (χ2v) is 4.45. The van der Waals surface area contributed by atoms with Gasteiger partial charge in [-0.2, -0.15) is 0 Å². The standard InChI is InChI=1S/C14H19FO2/c1-4-17-14(16)13(15)12-7-5-11(6-8-12)9-10(2)3/h5-8,10,13H,4,9H2,1-3H3. The van der Waals surface area contributed by atoms with E-state index >= 15 is 0 Å². The van der Waals surface area contributed by atoms with E-state index in [4.69, 9.17) is 0 Å². The molecule has 0 bridgehead atoms. The van der Waals surface area contributed by atoms with Gasteiger partial charge in [0.2, 0.25) is 6.17 Å². The van der Waals surface area contributed by atoms with Crippen molar-refractivity contribution in [1.29, 1.82) is 0 Å². The van der Waals surface area contributed by atoms with Crippen molar-refractivity contribution in [3.63, 3.8) is 0 Å². The molecule has 3 heteroatoms. The predicted octanol–water partition coefficient (Wildman–Crippen LogP) is 3.46. The third-order valence-electron chi connectivity index (χ3n) is 2.41. The molecule has 0 aromatic heterocycles. The molecular weight excluding hydrogens is 219 g/mol. The molecule has 0 aliphatic carbocycles. The second kappa shape index (κ2) is 6.38. The van der Waals surface area contributed by atoms with Crippen molar-refractivity contribution >= 4 is 5.97 Å². The third kappa shape index (κ3) is 4.17. The fourth-order valence-corrected chi connectivity index (χ4v) is 1.65. The number of carbonyl (C=O) groups excluding carboxylic acids is 1. The molecule has 2 nitrogen and oxygen atoms in total. The van der Waals surface area contributed by atoms with E-state index in [0.29, 0.717) is 11.5 Å². The summed E-state index contributed by atoms with van der Waals surface area (Å²) < 4.78 is 18.3. The molecule has 0 amide bonds. The lowest BCUT2D eigenvalue weighted by Crippen LogP contribution is -2.11. The van der Waals surface area contributed by atoms with Gasteiger partial charge < -0.3 is 4.74 Å². The minimum absolute atomic E-state index is 0.199. The Hall–Kier alpha value is -1.38. The molecule has 1 unspecified atom stereocenters. The third-order valence-corrected chi connectivity index (χ3v) is 2.41. The van der Waals surface area contributed by atoms with Gasteiger partial charge in [-0.25, -0.2) is 9.18 Å². The molecule has 0 radical (unpaired) electrons. The molecule has 0 aliphatic rings. The first-order chi connectivity index (χ1) is 8.04. The quantitative estimate of drug-likeness (QED) is 0.734. The van der Waals surface area contributed by atoms with Crippen LogP contribution in [0, 0.1) is 5.92 Å². The van der Waals surface area contributed by atoms with E-state index in [1.54, 1.807) is 19.1 Å². The monoisotopic (exact) mass is 238 g/mol. The van der Waals surface area contributed by atoms with Crippen molar-refractivity contribution in [1.82, 2.24) is 0 Å². The van der Waals surface area contributed by atoms with Crippen LogP contribution in [0.5, 0.6) is 0 Å². The predicted molar refractivity (Wildman–Crippen MR) is 65.5 cm³/mol. The van der Waals surface area contributed by atoms with Gasteiger partial charge in [0.05, 0.1) is 6.61 Å². The van der Waals surface area contributed by atoms with Crippen LogP contribution in [0.3, 0.4) is 0 Å². The van der Waals surface area contributed by atoms with Crippen LogP contribution in [-0.2, 0) is 16.0 Å². The largest absolute Gasteiger partial charge is 0.464 e. The first kappa shape index (κ1) is 13.7. The molecule has 1 aromatic carbocycles. The number of hydrogen-bond donors (Lipinski definition) is 0. The maximum atomic E-state index is 13.6. The zero-order chi connectivity index (χ0) is 12.8. The molecule has 0 N–H and O–H groups in total. The Bertz CT molecular complexity index is 357. The highest BCUT2D eigenvalue weighted by Gasteiger charge is 2.20. The SMILES string of the molecule is CCOC(=O)C(F)c1ccc(CC(C)C)cc1. The molecule has 17 heavy (non-hydrogen) atoms. The first-order valence-corrected chi connectivity index (χ1v) is 5.94. The molecule has 1 atom stereocenters. The summed E-state index contributed by atoms with van der Waals surface area (Å²) in [4.78, 5) is 11.2. The van der Waals surface area contributed by atoms with Crippen molar-refractivity contribution < 1.29 is 13.9 Å². The highest BCUT2D eigenvalue weighted by Crippen LogP contribution is 2.20. The minimum atomic E-state index is -1.68. The lowest BCUT2D eigenvalue weighted by atomic mass is 10.0. The Labute approximate surface area is 102 Å². The zero-order valence-electron chi connectivity index (χ0n) is 10.6. The fourth-order valence-electron chi connectivity index (χ4n) is 1.65. The van der Waals surface area contributed by atoms with Gasteiger partial charge in [-0.15, -0.1) is 0 Å². The van der Waals surface area contributed by atoms with Crippen molar-refractivity contribution in [3.05, 3.63) is 35.4 Å². The molecular formula is C14H19FO2. The molecule has 0 heterocycles. The Balaban J connectivity index is 2.70. The van der Waals surface area contributed by atoms with Gasteiger partial charge in [-0.1, -0.05) is 38.1 Å². The summed E-state index contributed by atoms with van der Waals surface area (Å²) in [5.41, 5.74) is 1.51. The number of benzene rings is 1. The average Bonchev–Trinajstić information content (AvgIpc) is 2.28. The number of alkyl halides is 1. The Kier molecular flexibility index (Phi) is 5.13. The fraction of sp³-hybridized carbons (Fsp3) is 0.500. The topological polar surface area (TPSA) is 26.3 Å². The molecule has 0 spiro atoms. The van der Waals surface area contributed by atoms with Crippen LogP contribution in [0.15, 0.2) is 24.3 Å². The van der Waals surface area contributed by atoms with E-state index in [1.807, 2.05) is 12.1 Å². The summed E-state index contributed by atoms with van der Waals surface area (Å²) in [6.45, 7) is 6.12. The van der Waals surface area contributed by atoms with Crippen LogP contribution in [0.4, 0.5) is 4.39 Å². The lowest BCUT2D eigenvalue weighted by molar-refractivity contribution is -0.149. The van der Waals surface area contributed by atoms with Gasteiger partial charge in [-0.3, -0.25) is 0 Å². The number of carbonyl (C=O) groups is 1. The van der Waals surface area contributed by atoms with E-state index in [1.165, 1.54) is 0 Å². The van der Waals surface area contributed by atoms with E-state index in [9.17, 15) is 9.18 Å². The van der Waals surface area contributed by atoms with E-state index in [-0.39, 0.29) is 6.61 Å². The maximum Gasteiger partial charge on any atom is 0.345 e. The average molecular weight is 238 g/mol. The molecule has 1 aromatic rings. The van der Waals surface area contributed by atoms with Crippen molar-refractivity contribution in [2.45, 2.75) is 33.4 Å². The maximum absolute atomic E-state index is 13.6. The van der Waals surface area contributed by atoms with Gasteiger partial charge >= 0.3 is 5.97 Å². The smallest absolute Gasteiger partial charge is 0.345 e. The summed E-state index contributed by atoms with van der Waals surface area (Å²) in [6, 6.07) is 7.03. The summed E-state index contributed by atoms with van der Waals surface area (Å²) >= 11 is 0. The van der Waals surface area contributed by atoms with Gasteiger partial charge in [0, 0.05) is 0 Å². The van der Waals surface area contributed by atoms with Gasteiger partial charge in [0.1, 0.15) is 0 Å². The zero-order valence-corrected chi connectivity index (χ0v) is 10.6. The highest BCUT2D eigenvalue weighted by atomic mass is 19.1. The number of halogens is 1. The van der Waals surface area contributed by atoms with Gasteiger partial charge in [0.25, 0.3) is 0 Å². The number of rotatable bonds is 5. The van der Waals surface area contributed by atoms with Crippen LogP contribution in [0.2, 0.25) is 0 Å². The molecule has 0 aliphatic heterocycles. The molecule has 0 saturated heterocycles. The van der Waals surface area contributed by atoms with Crippen LogP contribution in [-0.4, -0.2) is 12.6 Å². The molecule has 0 saturated carbocycles. The van der Waals surface area contributed by atoms with Crippen LogP contribution >= 0.6 is 0 Å². The normalized spacial score (nSPS) is 12.5. The van der Waals surface area contributed by atoms with Gasteiger partial charge in [-0.05, 0) is 30.4 Å². The van der Waals surface area contributed by atoms with Crippen molar-refractivity contribution in [2.75, 3.05) is 6.61 Å². The summed E-state index contributed by atoms with van der Waals surface area (Å²) in [7, 11) is 0. The van der Waals surface area contributed by atoms with Crippen LogP contribution in [0.25, 0.3) is 0 Å². The van der Waals surface area contributed by atoms with Crippen molar-refractivity contribution in [3.8, 4) is 0 Å². The molecule has 94 valence electrons. The molecule has 1 rings (SSSR count). The summed E-state index contributed by atoms with van der Waals surface area (Å²) in [5.74, 6) is -0.254. The highest BCUT2D eigenvalue weighted by molar-refractivity contribution is 5.76. The van der Waals surface area contributed by atoms with E-state index < -0.39 is 12.1 Å². The lowest BCUT2D eigenvalue weighted by Gasteiger charge is -2.09. The van der Waals surface area contributed by atoms with Gasteiger partial charge in [0.15, 0.2) is 0 Å². The number of hydrogen-bond acceptors (Lipinski definition) is 2. The van der Waals surface area contributed by atoms with Crippen molar-refractivity contribution in [2.24, 2.45) is 5.92 Å². The summed E-state index contributed by atoms with van der Waals surface area (Å²) in [6.07, 6.45) is -0.723. The minimum Gasteiger partial charge on any atom is -0.464 e. The summed E-state index contributed by atoms with van der Waals surface area (Å²) in [5, 5.41) is 0.